The van der Waals surface area contributed by atoms with Crippen LogP contribution in [-0.2, 0) is 12.9 Å². The molecule has 0 aromatic heterocycles. The van der Waals surface area contributed by atoms with Crippen molar-refractivity contribution in [1.82, 2.24) is 0 Å². The van der Waals surface area contributed by atoms with Crippen LogP contribution in [0.3, 0.4) is 0 Å². The van der Waals surface area contributed by atoms with Crippen LogP contribution in [-0.4, -0.2) is 4.21 Å². The molecule has 0 aliphatic heterocycles. The summed E-state index contributed by atoms with van der Waals surface area (Å²) in [6.07, 6.45) is 4.71. The van der Waals surface area contributed by atoms with E-state index in [-0.39, 0.29) is 13.2 Å². The summed E-state index contributed by atoms with van der Waals surface area (Å²) in [6.45, 7) is 8.94. The topological polar surface area (TPSA) is 0 Å². The number of halogens is 2. The first-order valence-corrected chi connectivity index (χ1v) is 30.6. The zero-order valence-electron chi connectivity index (χ0n) is 25.0. The van der Waals surface area contributed by atoms with Gasteiger partial charge in [-0.15, -0.1) is 0 Å². The SMILES string of the molecule is [CH2]=[Zr]([CH3])([CH3])([Cl])([Cl])([CH]1C(C(C)C)=Cc2c(-c3ccccc3)cccc21)[CH]1C(C)=Cc2c(-c3ccccc3)ccc(C)c21. The van der Waals surface area contributed by atoms with Crippen molar-refractivity contribution in [3.05, 3.63) is 130 Å². The Balaban J connectivity index is 1.66. The van der Waals surface area contributed by atoms with E-state index in [4.69, 9.17) is 21.2 Å². The van der Waals surface area contributed by atoms with E-state index in [0.717, 1.165) is 0 Å². The molecule has 0 spiro atoms. The molecular weight excluding hydrogens is 619 g/mol. The molecule has 2 aliphatic carbocycles. The summed E-state index contributed by atoms with van der Waals surface area (Å²) in [7, 11) is 17.1. The Morgan fingerprint density at radius 2 is 1.22 bits per heavy atom. The van der Waals surface area contributed by atoms with E-state index in [0.29, 0.717) is 0 Å². The molecule has 0 bridgehead atoms. The van der Waals surface area contributed by atoms with Crippen LogP contribution in [0.4, 0.5) is 0 Å². The fourth-order valence-corrected chi connectivity index (χ4v) is 32.1. The van der Waals surface area contributed by atoms with Crippen molar-refractivity contribution in [3.63, 3.8) is 0 Å². The van der Waals surface area contributed by atoms with E-state index in [9.17, 15) is 0 Å². The van der Waals surface area contributed by atoms with Crippen molar-refractivity contribution in [2.24, 2.45) is 5.92 Å². The molecule has 2 unspecified atom stereocenters. The summed E-state index contributed by atoms with van der Waals surface area (Å²) in [6, 6.07) is 32.3. The molecule has 210 valence electrons. The van der Waals surface area contributed by atoms with Crippen LogP contribution in [0.5, 0.6) is 0 Å². The second kappa shape index (κ2) is 8.41. The second-order valence-electron chi connectivity index (χ2n) is 14.8. The number of fused-ring (bicyclic) bond motifs is 2. The van der Waals surface area contributed by atoms with Gasteiger partial charge in [-0.3, -0.25) is 0 Å². The molecule has 2 aliphatic rings. The molecule has 2 atom stereocenters. The molecule has 0 heterocycles. The molecule has 3 heteroatoms. The van der Waals surface area contributed by atoms with Gasteiger partial charge in [0, 0.05) is 0 Å². The number of allylic oxidation sites excluding steroid dienone is 2. The van der Waals surface area contributed by atoms with Crippen LogP contribution in [0.15, 0.2) is 102 Å². The first-order valence-electron chi connectivity index (χ1n) is 14.8. The molecule has 4 aromatic rings. The Hall–Kier alpha value is -2.31. The van der Waals surface area contributed by atoms with Gasteiger partial charge in [-0.05, 0) is 0 Å². The quantitative estimate of drug-likeness (QED) is 0.200. The normalized spacial score (nSPS) is 20.8. The average Bonchev–Trinajstić information content (AvgIpc) is 3.50. The van der Waals surface area contributed by atoms with Crippen molar-refractivity contribution in [2.45, 2.75) is 44.2 Å². The Kier molecular flexibility index (Phi) is 5.90. The van der Waals surface area contributed by atoms with Crippen molar-refractivity contribution in [1.29, 1.82) is 0 Å². The number of hydrogen-bond donors (Lipinski definition) is 0. The van der Waals surface area contributed by atoms with Gasteiger partial charge >= 0.3 is 249 Å². The third-order valence-corrected chi connectivity index (χ3v) is 29.9. The molecule has 0 saturated carbocycles. The van der Waals surface area contributed by atoms with Crippen LogP contribution >= 0.6 is 17.0 Å². The molecule has 6 rings (SSSR count). The van der Waals surface area contributed by atoms with Gasteiger partial charge in [0.1, 0.15) is 0 Å². The van der Waals surface area contributed by atoms with Gasteiger partial charge in [-0.2, -0.15) is 0 Å². The standard InChI is InChI=1S/C18H17.C17H15.2CH3.CH2.2ClH.Zr/c1-13(2)16-11-15-9-6-10-17(18(15)12-16)14-7-4-3-5-8-14;1-12-10-16-13(2)8-9-15(17(16)11-12)14-6-4-3-5-7-14;;;;;;/h3-13H,1-2H3;3-11H,1-2H3;2*1H3;1H2;2*1H;/q;;;;;;;+2/p-2. The van der Waals surface area contributed by atoms with Crippen LogP contribution < -0.4 is 0 Å². The Labute approximate surface area is 246 Å². The Morgan fingerprint density at radius 1 is 0.659 bits per heavy atom. The molecule has 0 radical (unpaired) electrons. The summed E-state index contributed by atoms with van der Waals surface area (Å²) < 4.78 is 9.21. The second-order valence-corrected chi connectivity index (χ2v) is 60.3. The van der Waals surface area contributed by atoms with Crippen molar-refractivity contribution < 1.29 is 12.9 Å². The molecule has 41 heavy (non-hydrogen) atoms. The molecule has 0 fully saturated rings. The van der Waals surface area contributed by atoms with Crippen molar-refractivity contribution in [3.8, 4) is 22.3 Å². The van der Waals surface area contributed by atoms with Crippen molar-refractivity contribution >= 4 is 33.4 Å². The van der Waals surface area contributed by atoms with Gasteiger partial charge in [0.05, 0.1) is 0 Å². The minimum atomic E-state index is -6.19. The number of aryl methyl sites for hydroxylation is 1. The van der Waals surface area contributed by atoms with Gasteiger partial charge in [0.15, 0.2) is 0 Å². The molecule has 0 N–H and O–H groups in total. The zero-order chi connectivity index (χ0) is 29.5. The summed E-state index contributed by atoms with van der Waals surface area (Å²) >= 11 is -6.19. The molecular formula is C38H40Cl2Zr. The van der Waals surface area contributed by atoms with E-state index in [1.165, 1.54) is 61.2 Å². The average molecular weight is 659 g/mol. The van der Waals surface area contributed by atoms with Gasteiger partial charge in [0.2, 0.25) is 0 Å². The third-order valence-electron chi connectivity index (χ3n) is 9.89. The van der Waals surface area contributed by atoms with Gasteiger partial charge in [-0.1, -0.05) is 0 Å². The number of rotatable bonds is 5. The van der Waals surface area contributed by atoms with Gasteiger partial charge in [0.25, 0.3) is 0 Å². The van der Waals surface area contributed by atoms with Crippen LogP contribution in [0, 0.1) is 12.8 Å². The maximum atomic E-state index is 8.54. The molecule has 0 saturated heterocycles. The van der Waals surface area contributed by atoms with E-state index >= 15 is 0 Å². The number of hydrogen-bond acceptors (Lipinski definition) is 0. The maximum absolute atomic E-state index is 8.54. The van der Waals surface area contributed by atoms with Crippen LogP contribution in [0.25, 0.3) is 34.4 Å². The summed E-state index contributed by atoms with van der Waals surface area (Å²) in [4.78, 5) is 0. The summed E-state index contributed by atoms with van der Waals surface area (Å²) in [5, 5.41) is 0. The predicted molar refractivity (Wildman–Crippen MR) is 181 cm³/mol. The summed E-state index contributed by atoms with van der Waals surface area (Å²) in [5.41, 5.74) is 13.4. The third kappa shape index (κ3) is 4.38. The first kappa shape index (κ1) is 28.8. The molecule has 0 amide bonds. The van der Waals surface area contributed by atoms with E-state index in [1.807, 2.05) is 0 Å². The predicted octanol–water partition coefficient (Wildman–Crippen LogP) is 12.2. The number of benzene rings is 4. The zero-order valence-corrected chi connectivity index (χ0v) is 29.0. The fourth-order valence-electron chi connectivity index (χ4n) is 8.46. The Bertz CT molecular complexity index is 1900. The van der Waals surface area contributed by atoms with Gasteiger partial charge in [-0.25, -0.2) is 0 Å². The van der Waals surface area contributed by atoms with E-state index in [1.54, 1.807) is 0 Å². The van der Waals surface area contributed by atoms with Crippen LogP contribution in [0.2, 0.25) is 9.26 Å². The monoisotopic (exact) mass is 656 g/mol. The fraction of sp³-hybridized carbons (Fsp3) is 0.237. The first-order chi connectivity index (χ1) is 19.0. The van der Waals surface area contributed by atoms with E-state index < -0.39 is 12.9 Å². The Morgan fingerprint density at radius 3 is 1.78 bits per heavy atom. The minimum absolute atomic E-state index is 0.187. The van der Waals surface area contributed by atoms with Crippen molar-refractivity contribution in [2.75, 3.05) is 0 Å². The summed E-state index contributed by atoms with van der Waals surface area (Å²) in [5.74, 6) is 0.258. The van der Waals surface area contributed by atoms with Gasteiger partial charge < -0.3 is 0 Å². The van der Waals surface area contributed by atoms with Crippen LogP contribution in [0.1, 0.15) is 55.8 Å². The molecule has 0 nitrogen and oxygen atoms in total. The van der Waals surface area contributed by atoms with E-state index in [2.05, 4.69) is 140 Å². The molecule has 4 aromatic carbocycles.